The molecule has 7 heteroatoms. The topological polar surface area (TPSA) is 97.1 Å². The average molecular weight is 170 g/mol. The zero-order valence-electron chi connectivity index (χ0n) is 5.97. The van der Waals surface area contributed by atoms with Crippen molar-refractivity contribution >= 4 is 18.2 Å². The van der Waals surface area contributed by atoms with Crippen molar-refractivity contribution in [3.63, 3.8) is 0 Å². The van der Waals surface area contributed by atoms with Crippen LogP contribution in [0, 0.1) is 0 Å². The highest BCUT2D eigenvalue weighted by Crippen LogP contribution is 1.96. The van der Waals surface area contributed by atoms with Crippen LogP contribution < -0.4 is 5.32 Å². The molecule has 1 amide bonds. The number of aromatic nitrogens is 3. The van der Waals surface area contributed by atoms with Gasteiger partial charge in [0.25, 0.3) is 0 Å². The second kappa shape index (κ2) is 3.46. The molecule has 1 aromatic heterocycles. The molecule has 0 spiro atoms. The summed E-state index contributed by atoms with van der Waals surface area (Å²) in [5, 5.41) is 17.5. The predicted octanol–water partition coefficient (Wildman–Crippen LogP) is -1.07. The van der Waals surface area contributed by atoms with Crippen LogP contribution in [0.2, 0.25) is 0 Å². The molecule has 0 saturated heterocycles. The van der Waals surface area contributed by atoms with Crippen LogP contribution in [0.5, 0.6) is 0 Å². The Morgan fingerprint density at radius 1 is 1.83 bits per heavy atom. The van der Waals surface area contributed by atoms with Gasteiger partial charge in [0.15, 0.2) is 5.82 Å². The van der Waals surface area contributed by atoms with Gasteiger partial charge in [-0.05, 0) is 0 Å². The van der Waals surface area contributed by atoms with Gasteiger partial charge < -0.3 is 10.4 Å². The lowest BCUT2D eigenvalue weighted by atomic mass is 10.6. The molecule has 0 aliphatic carbocycles. The summed E-state index contributed by atoms with van der Waals surface area (Å²) in [6, 6.07) is 0. The van der Waals surface area contributed by atoms with E-state index in [1.54, 1.807) is 0 Å². The second-order valence-corrected chi connectivity index (χ2v) is 1.96. The van der Waals surface area contributed by atoms with Gasteiger partial charge in [-0.3, -0.25) is 9.59 Å². The number of hydrogen-bond acceptors (Lipinski definition) is 4. The van der Waals surface area contributed by atoms with E-state index in [2.05, 4.69) is 15.6 Å². The fourth-order valence-corrected chi connectivity index (χ4v) is 0.641. The van der Waals surface area contributed by atoms with Crippen molar-refractivity contribution in [2.24, 2.45) is 0 Å². The highest BCUT2D eigenvalue weighted by molar-refractivity contribution is 5.68. The number of amides is 1. The minimum absolute atomic E-state index is 0.228. The lowest BCUT2D eigenvalue weighted by molar-refractivity contribution is -0.137. The van der Waals surface area contributed by atoms with Crippen LogP contribution in [0.3, 0.4) is 0 Å². The number of carboxylic acid groups (broad SMARTS) is 1. The molecule has 0 fully saturated rings. The molecule has 1 heterocycles. The van der Waals surface area contributed by atoms with E-state index in [1.807, 2.05) is 0 Å². The molecule has 0 unspecified atom stereocenters. The highest BCUT2D eigenvalue weighted by atomic mass is 16.4. The third-order valence-corrected chi connectivity index (χ3v) is 1.04. The monoisotopic (exact) mass is 170 g/mol. The van der Waals surface area contributed by atoms with Gasteiger partial charge in [-0.15, -0.1) is 5.10 Å². The number of aliphatic carboxylic acids is 1. The summed E-state index contributed by atoms with van der Waals surface area (Å²) < 4.78 is 1.11. The van der Waals surface area contributed by atoms with Gasteiger partial charge in [-0.25, -0.2) is 4.68 Å². The van der Waals surface area contributed by atoms with Crippen molar-refractivity contribution in [1.82, 2.24) is 15.0 Å². The van der Waals surface area contributed by atoms with Crippen LogP contribution in [-0.4, -0.2) is 32.5 Å². The number of hydrogen-bond donors (Lipinski definition) is 2. The Balaban J connectivity index is 2.63. The van der Waals surface area contributed by atoms with Gasteiger partial charge in [0.05, 0.1) is 6.20 Å². The first-order chi connectivity index (χ1) is 5.72. The molecule has 0 bridgehead atoms. The van der Waals surface area contributed by atoms with E-state index < -0.39 is 5.97 Å². The number of nitrogens with one attached hydrogen (secondary N) is 1. The molecule has 7 nitrogen and oxygen atoms in total. The lowest BCUT2D eigenvalue weighted by Gasteiger charge is -1.90. The van der Waals surface area contributed by atoms with Crippen LogP contribution in [-0.2, 0) is 16.1 Å². The van der Waals surface area contributed by atoms with E-state index in [9.17, 15) is 9.59 Å². The Kier molecular flexibility index (Phi) is 2.36. The second-order valence-electron chi connectivity index (χ2n) is 1.96. The van der Waals surface area contributed by atoms with E-state index in [-0.39, 0.29) is 12.4 Å². The molecule has 0 aliphatic heterocycles. The summed E-state index contributed by atoms with van der Waals surface area (Å²) >= 11 is 0. The summed E-state index contributed by atoms with van der Waals surface area (Å²) in [5.41, 5.74) is 0. The zero-order valence-corrected chi connectivity index (χ0v) is 5.97. The summed E-state index contributed by atoms with van der Waals surface area (Å²) in [6.45, 7) is -0.270. The maximum atomic E-state index is 10.2. The fraction of sp³-hybridized carbons (Fsp3) is 0.200. The summed E-state index contributed by atoms with van der Waals surface area (Å²) in [5.74, 6) is -0.788. The Bertz CT molecular complexity index is 295. The third-order valence-electron chi connectivity index (χ3n) is 1.04. The van der Waals surface area contributed by atoms with Crippen molar-refractivity contribution in [2.75, 3.05) is 5.32 Å². The van der Waals surface area contributed by atoms with E-state index >= 15 is 0 Å². The number of anilines is 1. The van der Waals surface area contributed by atoms with Gasteiger partial charge in [0.1, 0.15) is 6.54 Å². The maximum absolute atomic E-state index is 10.2. The first kappa shape index (κ1) is 8.18. The number of carboxylic acids is 1. The van der Waals surface area contributed by atoms with Crippen molar-refractivity contribution < 1.29 is 14.7 Å². The number of carbonyl (C=O) groups is 2. The summed E-state index contributed by atoms with van der Waals surface area (Å²) in [6.07, 6.45) is 1.76. The highest BCUT2D eigenvalue weighted by Gasteiger charge is 2.02. The molecule has 0 aliphatic rings. The smallest absolute Gasteiger partial charge is 0.325 e. The molecule has 0 saturated carbocycles. The van der Waals surface area contributed by atoms with Gasteiger partial charge in [0, 0.05) is 0 Å². The van der Waals surface area contributed by atoms with Crippen molar-refractivity contribution in [1.29, 1.82) is 0 Å². The predicted molar refractivity (Wildman–Crippen MR) is 37.3 cm³/mol. The minimum atomic E-state index is -1.02. The lowest BCUT2D eigenvalue weighted by Crippen LogP contribution is -2.08. The molecule has 1 aromatic rings. The van der Waals surface area contributed by atoms with E-state index in [1.165, 1.54) is 6.20 Å². The first-order valence-corrected chi connectivity index (χ1v) is 3.04. The largest absolute Gasteiger partial charge is 0.480 e. The van der Waals surface area contributed by atoms with Gasteiger partial charge in [0.2, 0.25) is 6.41 Å². The van der Waals surface area contributed by atoms with Gasteiger partial charge in [-0.1, -0.05) is 5.21 Å². The molecule has 1 rings (SSSR count). The molecule has 12 heavy (non-hydrogen) atoms. The van der Waals surface area contributed by atoms with Crippen LogP contribution in [0.25, 0.3) is 0 Å². The first-order valence-electron chi connectivity index (χ1n) is 3.04. The molecule has 64 valence electrons. The zero-order chi connectivity index (χ0) is 8.97. The number of rotatable bonds is 4. The van der Waals surface area contributed by atoms with Crippen LogP contribution in [0.1, 0.15) is 0 Å². The molecule has 0 atom stereocenters. The normalized spacial score (nSPS) is 9.33. The minimum Gasteiger partial charge on any atom is -0.480 e. The Morgan fingerprint density at radius 3 is 3.17 bits per heavy atom. The van der Waals surface area contributed by atoms with E-state index in [0.717, 1.165) is 4.68 Å². The van der Waals surface area contributed by atoms with E-state index in [0.29, 0.717) is 6.41 Å². The van der Waals surface area contributed by atoms with Crippen molar-refractivity contribution in [3.8, 4) is 0 Å². The molecule has 0 radical (unpaired) electrons. The molecular weight excluding hydrogens is 164 g/mol. The van der Waals surface area contributed by atoms with Gasteiger partial charge in [-0.2, -0.15) is 0 Å². The van der Waals surface area contributed by atoms with Crippen LogP contribution >= 0.6 is 0 Å². The quantitative estimate of drug-likeness (QED) is 0.561. The molecular formula is C5H6N4O3. The average Bonchev–Trinajstić information content (AvgIpc) is 2.36. The summed E-state index contributed by atoms with van der Waals surface area (Å²) in [7, 11) is 0. The van der Waals surface area contributed by atoms with E-state index in [4.69, 9.17) is 5.11 Å². The Morgan fingerprint density at radius 2 is 2.58 bits per heavy atom. The maximum Gasteiger partial charge on any atom is 0.325 e. The van der Waals surface area contributed by atoms with Crippen molar-refractivity contribution in [2.45, 2.75) is 6.54 Å². The SMILES string of the molecule is O=CNc1cn(CC(=O)O)nn1. The third kappa shape index (κ3) is 2.04. The Hall–Kier alpha value is -1.92. The van der Waals surface area contributed by atoms with Crippen molar-refractivity contribution in [3.05, 3.63) is 6.20 Å². The number of nitrogens with zero attached hydrogens (tertiary/aromatic N) is 3. The molecule has 0 aromatic carbocycles. The standard InChI is InChI=1S/C5H6N4O3/c10-3-6-4-1-9(8-7-4)2-5(11)12/h1,3H,2H2,(H,6,10)(H,11,12). The fourth-order valence-electron chi connectivity index (χ4n) is 0.641. The van der Waals surface area contributed by atoms with Crippen LogP contribution in [0.4, 0.5) is 5.82 Å². The molecule has 2 N–H and O–H groups in total. The number of carbonyl (C=O) groups excluding carboxylic acids is 1. The van der Waals surface area contributed by atoms with Gasteiger partial charge >= 0.3 is 5.97 Å². The summed E-state index contributed by atoms with van der Waals surface area (Å²) in [4.78, 5) is 20.1. The Labute approximate surface area is 67.0 Å². The van der Waals surface area contributed by atoms with Crippen LogP contribution in [0.15, 0.2) is 6.20 Å².